The van der Waals surface area contributed by atoms with Gasteiger partial charge < -0.3 is 4.74 Å². The first kappa shape index (κ1) is 12.4. The van der Waals surface area contributed by atoms with Crippen LogP contribution in [0.25, 0.3) is 0 Å². The van der Waals surface area contributed by atoms with Gasteiger partial charge in [0, 0.05) is 12.5 Å². The zero-order chi connectivity index (χ0) is 12.5. The highest BCUT2D eigenvalue weighted by Crippen LogP contribution is 2.27. The van der Waals surface area contributed by atoms with Gasteiger partial charge in [0.05, 0.1) is 7.11 Å². The number of methoxy groups -OCH3 is 1. The van der Waals surface area contributed by atoms with E-state index >= 15 is 0 Å². The topological polar surface area (TPSA) is 43.4 Å². The summed E-state index contributed by atoms with van der Waals surface area (Å²) in [5, 5.41) is 0. The van der Waals surface area contributed by atoms with Gasteiger partial charge in [0.1, 0.15) is 5.75 Å². The Morgan fingerprint density at radius 2 is 1.69 bits per heavy atom. The van der Waals surface area contributed by atoms with E-state index in [9.17, 15) is 9.59 Å². The Morgan fingerprint density at radius 1 is 1.12 bits per heavy atom. The number of Topliss-reactive ketones (excluding diaryl/α,β-unsaturated/α-hetero) is 2. The second-order valence-corrected chi connectivity index (χ2v) is 3.91. The first-order chi connectivity index (χ1) is 7.40. The summed E-state index contributed by atoms with van der Waals surface area (Å²) in [4.78, 5) is 22.9. The first-order valence-corrected chi connectivity index (χ1v) is 5.10. The number of ether oxygens (including phenoxy) is 1. The van der Waals surface area contributed by atoms with Crippen LogP contribution in [0.1, 0.15) is 34.0 Å². The van der Waals surface area contributed by atoms with Crippen LogP contribution < -0.4 is 4.74 Å². The zero-order valence-corrected chi connectivity index (χ0v) is 10.3. The van der Waals surface area contributed by atoms with E-state index in [0.29, 0.717) is 5.56 Å². The van der Waals surface area contributed by atoms with E-state index in [1.165, 1.54) is 6.92 Å². The van der Waals surface area contributed by atoms with Crippen molar-refractivity contribution in [2.24, 2.45) is 0 Å². The second-order valence-electron chi connectivity index (χ2n) is 3.91. The van der Waals surface area contributed by atoms with Crippen molar-refractivity contribution < 1.29 is 14.3 Å². The van der Waals surface area contributed by atoms with Gasteiger partial charge in [-0.25, -0.2) is 0 Å². The van der Waals surface area contributed by atoms with Crippen LogP contribution in [-0.4, -0.2) is 18.7 Å². The maximum Gasteiger partial charge on any atom is 0.228 e. The van der Waals surface area contributed by atoms with E-state index < -0.39 is 11.6 Å². The van der Waals surface area contributed by atoms with Crippen LogP contribution in [0.15, 0.2) is 6.07 Å². The molecular weight excluding hydrogens is 204 g/mol. The number of carbonyl (C=O) groups excluding carboxylic acids is 2. The normalized spacial score (nSPS) is 10.1. The number of carbonyl (C=O) groups is 2. The van der Waals surface area contributed by atoms with Gasteiger partial charge in [0.25, 0.3) is 0 Å². The minimum Gasteiger partial charge on any atom is -0.496 e. The fourth-order valence-electron chi connectivity index (χ4n) is 1.78. The minimum absolute atomic E-state index is 0.430. The van der Waals surface area contributed by atoms with Crippen LogP contribution >= 0.6 is 0 Å². The largest absolute Gasteiger partial charge is 0.496 e. The van der Waals surface area contributed by atoms with Gasteiger partial charge in [-0.05, 0) is 43.5 Å². The van der Waals surface area contributed by atoms with E-state index in [2.05, 4.69) is 0 Å². The third kappa shape index (κ3) is 1.98. The van der Waals surface area contributed by atoms with Crippen LogP contribution in [0, 0.1) is 20.8 Å². The summed E-state index contributed by atoms with van der Waals surface area (Å²) in [6.45, 7) is 6.82. The predicted octanol–water partition coefficient (Wildman–Crippen LogP) is 2.39. The third-order valence-corrected chi connectivity index (χ3v) is 2.82. The Kier molecular flexibility index (Phi) is 3.48. The van der Waals surface area contributed by atoms with E-state index in [-0.39, 0.29) is 0 Å². The van der Waals surface area contributed by atoms with Gasteiger partial charge in [-0.2, -0.15) is 0 Å². The number of rotatable bonds is 3. The monoisotopic (exact) mass is 220 g/mol. The third-order valence-electron chi connectivity index (χ3n) is 2.82. The molecule has 0 spiro atoms. The molecule has 0 fully saturated rings. The number of ketones is 2. The van der Waals surface area contributed by atoms with Crippen LogP contribution in [0.5, 0.6) is 5.75 Å². The highest BCUT2D eigenvalue weighted by Gasteiger charge is 2.19. The average Bonchev–Trinajstić information content (AvgIpc) is 2.23. The van der Waals surface area contributed by atoms with Gasteiger partial charge in [-0.15, -0.1) is 0 Å². The molecule has 0 saturated carbocycles. The molecule has 1 rings (SSSR count). The number of benzene rings is 1. The predicted molar refractivity (Wildman–Crippen MR) is 62.2 cm³/mol. The molecule has 0 aliphatic heterocycles. The summed E-state index contributed by atoms with van der Waals surface area (Å²) in [5.41, 5.74) is 3.00. The van der Waals surface area contributed by atoms with Crippen molar-refractivity contribution in [1.82, 2.24) is 0 Å². The lowest BCUT2D eigenvalue weighted by Gasteiger charge is -2.14. The SMILES string of the molecule is COc1cc(C)c(C(=O)C(C)=O)c(C)c1C. The van der Waals surface area contributed by atoms with Crippen molar-refractivity contribution in [1.29, 1.82) is 0 Å². The molecule has 1 aromatic carbocycles. The molecular formula is C13H16O3. The molecule has 86 valence electrons. The van der Waals surface area contributed by atoms with Gasteiger partial charge >= 0.3 is 0 Å². The van der Waals surface area contributed by atoms with Crippen molar-refractivity contribution in [3.63, 3.8) is 0 Å². The molecule has 16 heavy (non-hydrogen) atoms. The molecule has 0 saturated heterocycles. The van der Waals surface area contributed by atoms with Gasteiger partial charge in [0.2, 0.25) is 5.78 Å². The zero-order valence-electron chi connectivity index (χ0n) is 10.3. The molecule has 3 heteroatoms. The molecule has 1 aromatic rings. The molecule has 0 aliphatic rings. The van der Waals surface area contributed by atoms with Gasteiger partial charge in [0.15, 0.2) is 5.78 Å². The summed E-state index contributed by atoms with van der Waals surface area (Å²) in [7, 11) is 1.59. The first-order valence-electron chi connectivity index (χ1n) is 5.10. The van der Waals surface area contributed by atoms with Crippen molar-refractivity contribution in [3.05, 3.63) is 28.3 Å². The average molecular weight is 220 g/mol. The Bertz CT molecular complexity index is 459. The lowest BCUT2D eigenvalue weighted by atomic mass is 9.93. The summed E-state index contributed by atoms with van der Waals surface area (Å²) < 4.78 is 5.21. The van der Waals surface area contributed by atoms with Gasteiger partial charge in [-0.1, -0.05) is 0 Å². The number of aryl methyl sites for hydroxylation is 1. The van der Waals surface area contributed by atoms with E-state index in [4.69, 9.17) is 4.74 Å². The minimum atomic E-state index is -0.434. The summed E-state index contributed by atoms with van der Waals surface area (Å²) in [5.74, 6) is -0.119. The number of hydrogen-bond donors (Lipinski definition) is 0. The van der Waals surface area contributed by atoms with Crippen molar-refractivity contribution in [2.45, 2.75) is 27.7 Å². The summed E-state index contributed by atoms with van der Waals surface area (Å²) in [6, 6.07) is 1.79. The van der Waals surface area contributed by atoms with Crippen molar-refractivity contribution in [3.8, 4) is 5.75 Å². The van der Waals surface area contributed by atoms with Crippen LogP contribution in [-0.2, 0) is 4.79 Å². The fourth-order valence-corrected chi connectivity index (χ4v) is 1.78. The van der Waals surface area contributed by atoms with Crippen molar-refractivity contribution in [2.75, 3.05) is 7.11 Å². The molecule has 0 radical (unpaired) electrons. The molecule has 0 amide bonds. The fraction of sp³-hybridized carbons (Fsp3) is 0.385. The Morgan fingerprint density at radius 3 is 2.12 bits per heavy atom. The van der Waals surface area contributed by atoms with Gasteiger partial charge in [-0.3, -0.25) is 9.59 Å². The molecule has 0 bridgehead atoms. The Hall–Kier alpha value is -1.64. The van der Waals surface area contributed by atoms with Crippen LogP contribution in [0.3, 0.4) is 0 Å². The van der Waals surface area contributed by atoms with E-state index in [1.54, 1.807) is 13.2 Å². The quantitative estimate of drug-likeness (QED) is 0.580. The van der Waals surface area contributed by atoms with E-state index in [1.807, 2.05) is 20.8 Å². The molecule has 0 heterocycles. The maximum atomic E-state index is 11.7. The number of hydrogen-bond acceptors (Lipinski definition) is 3. The standard InChI is InChI=1S/C13H16O3/c1-7-6-11(16-5)8(2)9(3)12(7)13(15)10(4)14/h6H,1-5H3. The lowest BCUT2D eigenvalue weighted by Crippen LogP contribution is -2.14. The summed E-state index contributed by atoms with van der Waals surface area (Å²) >= 11 is 0. The molecule has 0 N–H and O–H groups in total. The Labute approximate surface area is 95.4 Å². The molecule has 0 atom stereocenters. The smallest absolute Gasteiger partial charge is 0.228 e. The lowest BCUT2D eigenvalue weighted by molar-refractivity contribution is -0.113. The van der Waals surface area contributed by atoms with Crippen molar-refractivity contribution >= 4 is 11.6 Å². The molecule has 3 nitrogen and oxygen atoms in total. The molecule has 0 aliphatic carbocycles. The van der Waals surface area contributed by atoms with Crippen LogP contribution in [0.4, 0.5) is 0 Å². The van der Waals surface area contributed by atoms with E-state index in [0.717, 1.165) is 22.4 Å². The van der Waals surface area contributed by atoms with Crippen LogP contribution in [0.2, 0.25) is 0 Å². The molecule has 0 unspecified atom stereocenters. The highest BCUT2D eigenvalue weighted by molar-refractivity contribution is 6.43. The highest BCUT2D eigenvalue weighted by atomic mass is 16.5. The molecule has 0 aromatic heterocycles. The Balaban J connectivity index is 3.48. The summed E-state index contributed by atoms with van der Waals surface area (Å²) in [6.07, 6.45) is 0. The second kappa shape index (κ2) is 4.47. The maximum absolute atomic E-state index is 11.7.